The van der Waals surface area contributed by atoms with Crippen molar-refractivity contribution in [2.45, 2.75) is 64.3 Å². The highest BCUT2D eigenvalue weighted by molar-refractivity contribution is 5.83. The van der Waals surface area contributed by atoms with Crippen molar-refractivity contribution >= 4 is 17.9 Å². The highest BCUT2D eigenvalue weighted by atomic mass is 16.6. The van der Waals surface area contributed by atoms with E-state index in [1.165, 1.54) is 0 Å². The number of nitrogens with zero attached hydrogens (tertiary/aromatic N) is 4. The van der Waals surface area contributed by atoms with E-state index in [1.807, 2.05) is 43.9 Å². The van der Waals surface area contributed by atoms with Gasteiger partial charge in [-0.2, -0.15) is 0 Å². The number of fused-ring (bicyclic) bond motifs is 1. The monoisotopic (exact) mass is 455 g/mol. The van der Waals surface area contributed by atoms with E-state index >= 15 is 0 Å². The molecule has 1 aromatic rings. The Kier molecular flexibility index (Phi) is 6.78. The molecule has 0 aromatic heterocycles. The van der Waals surface area contributed by atoms with E-state index < -0.39 is 11.8 Å². The molecule has 3 heterocycles. The molecule has 4 rings (SSSR count). The van der Waals surface area contributed by atoms with Gasteiger partial charge in [-0.25, -0.2) is 9.79 Å². The largest absolute Gasteiger partial charge is 0.444 e. The molecule has 1 aromatic carbocycles. The number of hydrogen-bond donors (Lipinski definition) is 1. The second-order valence-electron chi connectivity index (χ2n) is 10.0. The Morgan fingerprint density at radius 3 is 2.27 bits per heavy atom. The van der Waals surface area contributed by atoms with Gasteiger partial charge in [-0.05, 0) is 58.6 Å². The van der Waals surface area contributed by atoms with E-state index in [0.717, 1.165) is 18.2 Å². The zero-order chi connectivity index (χ0) is 23.6. The number of amides is 3. The molecular formula is C24H33N5O4. The van der Waals surface area contributed by atoms with E-state index in [9.17, 15) is 14.4 Å². The van der Waals surface area contributed by atoms with Crippen LogP contribution in [0.25, 0.3) is 0 Å². The van der Waals surface area contributed by atoms with Gasteiger partial charge in [0.15, 0.2) is 6.17 Å². The van der Waals surface area contributed by atoms with Gasteiger partial charge < -0.3 is 15.0 Å². The van der Waals surface area contributed by atoms with Crippen LogP contribution >= 0.6 is 0 Å². The van der Waals surface area contributed by atoms with Crippen LogP contribution in [0, 0.1) is 5.92 Å². The molecular weight excluding hydrogens is 422 g/mol. The van der Waals surface area contributed by atoms with E-state index in [0.29, 0.717) is 44.4 Å². The van der Waals surface area contributed by atoms with E-state index in [-0.39, 0.29) is 29.9 Å². The lowest BCUT2D eigenvalue weighted by molar-refractivity contribution is -0.128. The summed E-state index contributed by atoms with van der Waals surface area (Å²) >= 11 is 0. The van der Waals surface area contributed by atoms with Gasteiger partial charge >= 0.3 is 6.09 Å². The van der Waals surface area contributed by atoms with Crippen molar-refractivity contribution in [3.63, 3.8) is 0 Å². The van der Waals surface area contributed by atoms with Crippen LogP contribution in [-0.4, -0.2) is 71.7 Å². The zero-order valence-corrected chi connectivity index (χ0v) is 19.6. The third-order valence-corrected chi connectivity index (χ3v) is 6.33. The van der Waals surface area contributed by atoms with E-state index in [1.54, 1.807) is 11.0 Å². The fourth-order valence-corrected chi connectivity index (χ4v) is 4.53. The van der Waals surface area contributed by atoms with Crippen molar-refractivity contribution in [2.24, 2.45) is 15.9 Å². The van der Waals surface area contributed by atoms with Crippen molar-refractivity contribution in [2.75, 3.05) is 26.2 Å². The smallest absolute Gasteiger partial charge is 0.410 e. The molecule has 2 saturated heterocycles. The zero-order valence-electron chi connectivity index (χ0n) is 19.6. The number of carbonyl (C=O) groups excluding carboxylic acids is 3. The number of para-hydroxylation sites is 2. The predicted octanol–water partition coefficient (Wildman–Crippen LogP) is 1.02. The Morgan fingerprint density at radius 1 is 1.00 bits per heavy atom. The third kappa shape index (κ3) is 5.76. The van der Waals surface area contributed by atoms with Crippen LogP contribution in [0.5, 0.6) is 0 Å². The molecule has 0 aliphatic carbocycles. The van der Waals surface area contributed by atoms with Crippen LogP contribution in [-0.2, 0) is 14.3 Å². The number of likely N-dealkylation sites (tertiary alicyclic amines) is 2. The number of nitrogens with one attached hydrogen (secondary N) is 1. The molecule has 1 atom stereocenters. The van der Waals surface area contributed by atoms with Gasteiger partial charge in [-0.15, -0.1) is 0 Å². The Labute approximate surface area is 193 Å². The van der Waals surface area contributed by atoms with Crippen molar-refractivity contribution in [3.8, 4) is 0 Å². The van der Waals surface area contributed by atoms with Crippen molar-refractivity contribution in [1.29, 1.82) is 0 Å². The average molecular weight is 456 g/mol. The molecule has 0 bridgehead atoms. The summed E-state index contributed by atoms with van der Waals surface area (Å²) in [7, 11) is 0. The quantitative estimate of drug-likeness (QED) is 0.733. The van der Waals surface area contributed by atoms with Gasteiger partial charge in [-0.3, -0.25) is 19.5 Å². The van der Waals surface area contributed by atoms with E-state index in [4.69, 9.17) is 4.74 Å². The molecule has 3 amide bonds. The lowest BCUT2D eigenvalue weighted by Gasteiger charge is -2.36. The molecule has 33 heavy (non-hydrogen) atoms. The first-order valence-corrected chi connectivity index (χ1v) is 11.8. The van der Waals surface area contributed by atoms with E-state index in [2.05, 4.69) is 15.3 Å². The SMILES string of the molecule is CC(C)(C)OC(=O)N1CCC(NC(=O)C2CCN(C3N=c4ccccc4=NC3=O)CC2)CC1. The summed E-state index contributed by atoms with van der Waals surface area (Å²) in [5.41, 5.74) is -0.510. The first-order chi connectivity index (χ1) is 15.7. The van der Waals surface area contributed by atoms with Crippen LogP contribution in [0.3, 0.4) is 0 Å². The summed E-state index contributed by atoms with van der Waals surface area (Å²) in [6.07, 6.45) is 1.92. The third-order valence-electron chi connectivity index (χ3n) is 6.33. The molecule has 0 saturated carbocycles. The lowest BCUT2D eigenvalue weighted by atomic mass is 9.94. The topological polar surface area (TPSA) is 104 Å². The van der Waals surface area contributed by atoms with Gasteiger partial charge in [-0.1, -0.05) is 12.1 Å². The minimum atomic E-state index is -0.596. The Hall–Kier alpha value is -2.81. The molecule has 2 fully saturated rings. The fraction of sp³-hybridized carbons (Fsp3) is 0.625. The first-order valence-electron chi connectivity index (χ1n) is 11.8. The number of benzene rings is 1. The fourth-order valence-electron chi connectivity index (χ4n) is 4.53. The molecule has 3 aliphatic rings. The van der Waals surface area contributed by atoms with Crippen molar-refractivity contribution in [3.05, 3.63) is 35.0 Å². The maximum Gasteiger partial charge on any atom is 0.410 e. The second kappa shape index (κ2) is 9.59. The van der Waals surface area contributed by atoms with Crippen LogP contribution in [0.15, 0.2) is 34.3 Å². The highest BCUT2D eigenvalue weighted by Crippen LogP contribution is 2.22. The lowest BCUT2D eigenvalue weighted by Crippen LogP contribution is -2.52. The normalized spacial score (nSPS) is 22.7. The second-order valence-corrected chi connectivity index (χ2v) is 10.0. The summed E-state index contributed by atoms with van der Waals surface area (Å²) in [4.78, 5) is 50.0. The van der Waals surface area contributed by atoms with Crippen LogP contribution < -0.4 is 16.0 Å². The van der Waals surface area contributed by atoms with Crippen LogP contribution in [0.1, 0.15) is 46.5 Å². The minimum absolute atomic E-state index is 0.0623. The molecule has 9 heteroatoms. The van der Waals surface area contributed by atoms with Crippen molar-refractivity contribution in [1.82, 2.24) is 15.1 Å². The Balaban J connectivity index is 1.24. The number of carbonyl (C=O) groups is 3. The predicted molar refractivity (Wildman–Crippen MR) is 121 cm³/mol. The molecule has 9 nitrogen and oxygen atoms in total. The average Bonchev–Trinajstić information content (AvgIpc) is 2.78. The number of piperidine rings is 2. The standard InChI is InChI=1S/C24H33N5O4/c1-24(2,3)33-23(32)29-14-10-17(11-15-29)25-21(30)16-8-12-28(13-9-16)20-22(31)27-19-7-5-4-6-18(19)26-20/h4-7,16-17,20H,8-15H2,1-3H3,(H,25,30). The number of hydrogen-bond acceptors (Lipinski definition) is 6. The van der Waals surface area contributed by atoms with Gasteiger partial charge in [0.05, 0.1) is 10.7 Å². The van der Waals surface area contributed by atoms with Gasteiger partial charge in [0, 0.05) is 38.1 Å². The molecule has 0 spiro atoms. The summed E-state index contributed by atoms with van der Waals surface area (Å²) < 4.78 is 5.43. The maximum absolute atomic E-state index is 12.8. The summed E-state index contributed by atoms with van der Waals surface area (Å²) in [5.74, 6) is -0.256. The van der Waals surface area contributed by atoms with Gasteiger partial charge in [0.25, 0.3) is 5.91 Å². The summed E-state index contributed by atoms with van der Waals surface area (Å²) in [5, 5.41) is 4.52. The molecule has 1 unspecified atom stereocenters. The molecule has 178 valence electrons. The number of ether oxygens (including phenoxy) is 1. The highest BCUT2D eigenvalue weighted by Gasteiger charge is 2.34. The molecule has 3 aliphatic heterocycles. The molecule has 1 N–H and O–H groups in total. The van der Waals surface area contributed by atoms with Crippen molar-refractivity contribution < 1.29 is 19.1 Å². The minimum Gasteiger partial charge on any atom is -0.444 e. The summed E-state index contributed by atoms with van der Waals surface area (Å²) in [6.45, 7) is 7.99. The Morgan fingerprint density at radius 2 is 1.64 bits per heavy atom. The molecule has 0 radical (unpaired) electrons. The van der Waals surface area contributed by atoms with Gasteiger partial charge in [0.2, 0.25) is 5.91 Å². The maximum atomic E-state index is 12.8. The van der Waals surface area contributed by atoms with Crippen LogP contribution in [0.2, 0.25) is 0 Å². The van der Waals surface area contributed by atoms with Gasteiger partial charge in [0.1, 0.15) is 5.60 Å². The number of rotatable bonds is 3. The summed E-state index contributed by atoms with van der Waals surface area (Å²) in [6, 6.07) is 7.46. The Bertz CT molecular complexity index is 1020. The first kappa shape index (κ1) is 23.4. The van der Waals surface area contributed by atoms with Crippen LogP contribution in [0.4, 0.5) is 4.79 Å².